The lowest BCUT2D eigenvalue weighted by Gasteiger charge is -2.21. The molecular weight excluding hydrogens is 667 g/mol. The Bertz CT molecular complexity index is 1460. The third-order valence-corrected chi connectivity index (χ3v) is 10.3. The molecule has 0 aromatic carbocycles. The Morgan fingerprint density at radius 2 is 1.48 bits per heavy atom. The van der Waals surface area contributed by atoms with Gasteiger partial charge in [-0.1, -0.05) is 90.4 Å². The normalized spacial score (nSPS) is 23.3. The van der Waals surface area contributed by atoms with Gasteiger partial charge in [-0.3, -0.25) is 18.2 Å². The molecule has 5 N–H and O–H groups in total. The monoisotopic (exact) mass is 724 g/mol. The minimum Gasteiger partial charge on any atom is -0.394 e. The molecule has 16 heteroatoms. The number of ether oxygens (including phenoxy) is 2. The van der Waals surface area contributed by atoms with Gasteiger partial charge in [-0.2, -0.15) is 9.97 Å². The van der Waals surface area contributed by atoms with Crippen LogP contribution in [0.5, 0.6) is 0 Å². The van der Waals surface area contributed by atoms with Gasteiger partial charge in [0.05, 0.1) is 19.3 Å². The van der Waals surface area contributed by atoms with Gasteiger partial charge >= 0.3 is 19.2 Å². The molecule has 15 nitrogen and oxygen atoms in total. The smallest absolute Gasteiger partial charge is 0.394 e. The Hall–Kier alpha value is -2.65. The molecule has 2 saturated heterocycles. The second kappa shape index (κ2) is 21.0. The highest BCUT2D eigenvalue weighted by Crippen LogP contribution is 2.49. The summed E-state index contributed by atoms with van der Waals surface area (Å²) in [5.74, 6) is 0.565. The van der Waals surface area contributed by atoms with E-state index in [1.807, 2.05) is 0 Å². The molecule has 4 heterocycles. The molecule has 2 aromatic heterocycles. The number of nitrogen functional groups attached to an aromatic ring is 1. The first kappa shape index (κ1) is 40.1. The Morgan fingerprint density at radius 3 is 2.10 bits per heavy atom. The molecule has 4 rings (SSSR count). The standard InChI is InChI=1S/C34H57N6O9P/c1-2-3-4-5-6-7-8-9-10-11-12-13-14-15-20-36-30-19-22-40(34(43)38-30)32-23-27(28(24-41)48-32)49-50(44,45)46-25-26-16-17-31(47-26)39-21-18-29(35)37-33(39)42/h18-19,21-22,26-28,31-32,41H,2-17,20,23-25H2,1H3,(H,44,45)(H2,35,37,42)(H,36,38,43)/t26-,27-,28+,31+,32+/m0/s1. The number of hydrogen-bond donors (Lipinski definition) is 4. The Balaban J connectivity index is 1.12. The first-order valence-corrected chi connectivity index (χ1v) is 19.9. The van der Waals surface area contributed by atoms with E-state index in [1.165, 1.54) is 98.4 Å². The van der Waals surface area contributed by atoms with E-state index in [-0.39, 0.29) is 18.8 Å². The van der Waals surface area contributed by atoms with Crippen molar-refractivity contribution in [1.29, 1.82) is 0 Å². The molecule has 0 saturated carbocycles. The van der Waals surface area contributed by atoms with Crippen molar-refractivity contribution in [3.63, 3.8) is 0 Å². The highest BCUT2D eigenvalue weighted by molar-refractivity contribution is 7.47. The number of aliphatic hydroxyl groups is 1. The Kier molecular flexibility index (Phi) is 16.9. The van der Waals surface area contributed by atoms with Crippen LogP contribution in [0.2, 0.25) is 0 Å². The van der Waals surface area contributed by atoms with Crippen molar-refractivity contribution in [2.45, 2.75) is 147 Å². The largest absolute Gasteiger partial charge is 0.472 e. The van der Waals surface area contributed by atoms with E-state index in [0.29, 0.717) is 25.2 Å². The lowest BCUT2D eigenvalue weighted by Crippen LogP contribution is -2.29. The van der Waals surface area contributed by atoms with Gasteiger partial charge in [-0.25, -0.2) is 14.2 Å². The van der Waals surface area contributed by atoms with Crippen molar-refractivity contribution in [1.82, 2.24) is 19.1 Å². The zero-order valence-electron chi connectivity index (χ0n) is 29.4. The summed E-state index contributed by atoms with van der Waals surface area (Å²) in [5, 5.41) is 13.1. The number of hydrogen-bond acceptors (Lipinski definition) is 12. The van der Waals surface area contributed by atoms with Gasteiger partial charge in [0, 0.05) is 25.4 Å². The SMILES string of the molecule is CCCCCCCCCCCCCCCCNc1ccn([C@H]2C[C@H](OP(=O)(O)OC[C@@H]3CC[C@H](n4ccc(N)nc4=O)O3)[C@@H](CO)O2)c(=O)n1. The summed E-state index contributed by atoms with van der Waals surface area (Å²) in [6.45, 7) is 2.21. The number of aliphatic hydroxyl groups excluding tert-OH is 1. The molecule has 6 atom stereocenters. The quantitative estimate of drug-likeness (QED) is 0.0789. The van der Waals surface area contributed by atoms with Crippen molar-refractivity contribution in [3.8, 4) is 0 Å². The molecule has 0 spiro atoms. The molecule has 2 aliphatic heterocycles. The summed E-state index contributed by atoms with van der Waals surface area (Å²) in [6, 6.07) is 3.16. The summed E-state index contributed by atoms with van der Waals surface area (Å²) in [6.07, 6.45) is 18.1. The summed E-state index contributed by atoms with van der Waals surface area (Å²) in [7, 11) is -4.61. The third kappa shape index (κ3) is 13.2. The molecule has 2 fully saturated rings. The number of anilines is 2. The molecular formula is C34H57N6O9P. The van der Waals surface area contributed by atoms with Crippen molar-refractivity contribution in [3.05, 3.63) is 45.5 Å². The minimum atomic E-state index is -4.61. The number of nitrogens with two attached hydrogens (primary N) is 1. The van der Waals surface area contributed by atoms with Crippen molar-refractivity contribution >= 4 is 19.5 Å². The van der Waals surface area contributed by atoms with E-state index in [2.05, 4.69) is 22.2 Å². The van der Waals surface area contributed by atoms with Gasteiger partial charge in [0.2, 0.25) is 0 Å². The van der Waals surface area contributed by atoms with Gasteiger partial charge in [-0.05, 0) is 31.4 Å². The van der Waals surface area contributed by atoms with Crippen LogP contribution in [0.25, 0.3) is 0 Å². The van der Waals surface area contributed by atoms with E-state index >= 15 is 0 Å². The minimum absolute atomic E-state index is 0.0155. The molecule has 2 aliphatic rings. The maximum absolute atomic E-state index is 12.8. The summed E-state index contributed by atoms with van der Waals surface area (Å²) in [4.78, 5) is 43.2. The Labute approximate surface area is 294 Å². The molecule has 0 aliphatic carbocycles. The Morgan fingerprint density at radius 1 is 0.880 bits per heavy atom. The summed E-state index contributed by atoms with van der Waals surface area (Å²) in [5.41, 5.74) is 4.43. The fourth-order valence-electron chi connectivity index (χ4n) is 6.45. The molecule has 0 amide bonds. The van der Waals surface area contributed by atoms with Crippen LogP contribution in [0.1, 0.15) is 129 Å². The summed E-state index contributed by atoms with van der Waals surface area (Å²) >= 11 is 0. The van der Waals surface area contributed by atoms with E-state index in [1.54, 1.807) is 12.3 Å². The van der Waals surface area contributed by atoms with Crippen molar-refractivity contribution in [2.24, 2.45) is 0 Å². The van der Waals surface area contributed by atoms with E-state index in [9.17, 15) is 24.2 Å². The number of phosphoric acid groups is 1. The predicted molar refractivity (Wildman–Crippen MR) is 190 cm³/mol. The molecule has 0 bridgehead atoms. The highest BCUT2D eigenvalue weighted by Gasteiger charge is 2.42. The van der Waals surface area contributed by atoms with Crippen LogP contribution < -0.4 is 22.4 Å². The first-order valence-electron chi connectivity index (χ1n) is 18.4. The van der Waals surface area contributed by atoms with Crippen LogP contribution in [-0.2, 0) is 23.1 Å². The lowest BCUT2D eigenvalue weighted by atomic mass is 10.0. The predicted octanol–water partition coefficient (Wildman–Crippen LogP) is 5.44. The maximum atomic E-state index is 12.8. The average molecular weight is 725 g/mol. The van der Waals surface area contributed by atoms with E-state index in [4.69, 9.17) is 24.3 Å². The van der Waals surface area contributed by atoms with E-state index < -0.39 is 56.6 Å². The fraction of sp³-hybridized carbons (Fsp3) is 0.765. The summed E-state index contributed by atoms with van der Waals surface area (Å²) < 4.78 is 37.6. The van der Waals surface area contributed by atoms with Crippen molar-refractivity contribution in [2.75, 3.05) is 30.8 Å². The molecule has 1 unspecified atom stereocenters. The van der Waals surface area contributed by atoms with E-state index in [0.717, 1.165) is 12.8 Å². The third-order valence-electron chi connectivity index (χ3n) is 9.28. The molecule has 2 aromatic rings. The van der Waals surface area contributed by atoms with Crippen LogP contribution >= 0.6 is 7.82 Å². The number of phosphoric ester groups is 1. The fourth-order valence-corrected chi connectivity index (χ4v) is 7.43. The van der Waals surface area contributed by atoms with Gasteiger partial charge < -0.3 is 30.5 Å². The number of nitrogens with zero attached hydrogens (tertiary/aromatic N) is 4. The van der Waals surface area contributed by atoms with Crippen LogP contribution in [0.4, 0.5) is 11.6 Å². The number of unbranched alkanes of at least 4 members (excludes halogenated alkanes) is 13. The first-order chi connectivity index (χ1) is 24.2. The lowest BCUT2D eigenvalue weighted by molar-refractivity contribution is -0.0507. The van der Waals surface area contributed by atoms with Gasteiger partial charge in [0.1, 0.15) is 36.3 Å². The van der Waals surface area contributed by atoms with Crippen LogP contribution in [0.15, 0.2) is 34.1 Å². The van der Waals surface area contributed by atoms with Crippen molar-refractivity contribution < 1.29 is 33.1 Å². The number of rotatable bonds is 24. The zero-order valence-corrected chi connectivity index (χ0v) is 30.3. The maximum Gasteiger partial charge on any atom is 0.472 e. The van der Waals surface area contributed by atoms with Crippen LogP contribution in [0.3, 0.4) is 0 Å². The zero-order chi connectivity index (χ0) is 35.8. The van der Waals surface area contributed by atoms with Crippen LogP contribution in [-0.4, -0.2) is 67.2 Å². The van der Waals surface area contributed by atoms with Gasteiger partial charge in [0.25, 0.3) is 0 Å². The number of nitrogens with one attached hydrogen (secondary N) is 1. The highest BCUT2D eigenvalue weighted by atomic mass is 31.2. The molecule has 50 heavy (non-hydrogen) atoms. The van der Waals surface area contributed by atoms with Gasteiger partial charge in [-0.15, -0.1) is 0 Å². The average Bonchev–Trinajstić information content (AvgIpc) is 3.72. The number of aromatic nitrogens is 4. The molecule has 0 radical (unpaired) electrons. The van der Waals surface area contributed by atoms with Gasteiger partial charge in [0.15, 0.2) is 0 Å². The second-order valence-electron chi connectivity index (χ2n) is 13.3. The molecule has 282 valence electrons. The van der Waals surface area contributed by atoms with Crippen LogP contribution in [0, 0.1) is 0 Å². The topological polar surface area (TPSA) is 202 Å². The second-order valence-corrected chi connectivity index (χ2v) is 14.7.